The number of hydrogen-bond donors (Lipinski definition) is 0. The van der Waals surface area contributed by atoms with E-state index in [1.165, 1.54) is 16.7 Å². The average Bonchev–Trinajstić information content (AvgIpc) is 3.35. The second-order valence-corrected chi connectivity index (χ2v) is 14.6. The van der Waals surface area contributed by atoms with Crippen LogP contribution in [0.4, 0.5) is 0 Å². The summed E-state index contributed by atoms with van der Waals surface area (Å²) in [6.45, 7) is 0. The van der Waals surface area contributed by atoms with Gasteiger partial charge in [0.1, 0.15) is 11.4 Å². The molecule has 0 unspecified atom stereocenters. The van der Waals surface area contributed by atoms with Crippen molar-refractivity contribution in [3.63, 3.8) is 0 Å². The third-order valence-corrected chi connectivity index (χ3v) is 10.7. The van der Waals surface area contributed by atoms with Crippen molar-refractivity contribution in [2.45, 2.75) is 0 Å². The van der Waals surface area contributed by atoms with Crippen LogP contribution in [-0.4, -0.2) is 19.9 Å². The van der Waals surface area contributed by atoms with Crippen LogP contribution in [0.25, 0.3) is 95.7 Å². The van der Waals surface area contributed by atoms with Crippen molar-refractivity contribution >= 4 is 0 Å². The summed E-state index contributed by atoms with van der Waals surface area (Å²) in [5.74, 6) is 1.89. The van der Waals surface area contributed by atoms with Gasteiger partial charge in [-0.05, 0) is 62.6 Å². The smallest absolute Gasteiger partial charge is 0.208 e. The van der Waals surface area contributed by atoms with Gasteiger partial charge >= 0.3 is 0 Å². The standard InChI is InChI=1S/C55H38N5/c1-5-18-39(19-6-1)49-32-13-14-33-50(49)45-28-17-31-48(36-45)60-38-56-51(37-52(60)40-20-7-2-8-21-40)46-29-15-26-43(34-46)44-27-16-30-47(35-44)55-58-53(41-22-9-3-10-23-41)57-54(59-55)42-24-11-4-12-25-42/h1-38H/q+1. The van der Waals surface area contributed by atoms with Gasteiger partial charge in [0.15, 0.2) is 23.2 Å². The van der Waals surface area contributed by atoms with E-state index in [1.54, 1.807) is 0 Å². The first-order valence-electron chi connectivity index (χ1n) is 20.0. The fourth-order valence-electron chi connectivity index (χ4n) is 7.67. The largest absolute Gasteiger partial charge is 0.292 e. The Hall–Kier alpha value is -8.15. The van der Waals surface area contributed by atoms with Gasteiger partial charge < -0.3 is 0 Å². The van der Waals surface area contributed by atoms with Crippen LogP contribution in [0.1, 0.15) is 0 Å². The van der Waals surface area contributed by atoms with Crippen LogP contribution in [0, 0.1) is 0 Å². The average molecular weight is 769 g/mol. The van der Waals surface area contributed by atoms with Crippen LogP contribution >= 0.6 is 0 Å². The molecule has 0 aliphatic rings. The molecule has 0 saturated carbocycles. The Bertz CT molecular complexity index is 3020. The van der Waals surface area contributed by atoms with Crippen LogP contribution in [0.15, 0.2) is 231 Å². The minimum Gasteiger partial charge on any atom is -0.208 e. The molecule has 0 amide bonds. The number of benzene rings is 8. The molecule has 0 atom stereocenters. The zero-order chi connectivity index (χ0) is 40.1. The molecule has 5 heteroatoms. The van der Waals surface area contributed by atoms with Gasteiger partial charge in [-0.25, -0.2) is 15.0 Å². The normalized spacial score (nSPS) is 11.0. The van der Waals surface area contributed by atoms with E-state index in [2.05, 4.69) is 168 Å². The molecule has 5 nitrogen and oxygen atoms in total. The maximum absolute atomic E-state index is 5.09. The zero-order valence-corrected chi connectivity index (χ0v) is 32.7. The number of aromatic nitrogens is 5. The minimum atomic E-state index is 0.620. The van der Waals surface area contributed by atoms with Crippen LogP contribution in [0.2, 0.25) is 0 Å². The summed E-state index contributed by atoms with van der Waals surface area (Å²) in [5, 5.41) is 0. The third-order valence-electron chi connectivity index (χ3n) is 10.7. The molecule has 0 saturated heterocycles. The lowest BCUT2D eigenvalue weighted by atomic mass is 9.94. The predicted molar refractivity (Wildman–Crippen MR) is 243 cm³/mol. The van der Waals surface area contributed by atoms with Gasteiger partial charge in [-0.1, -0.05) is 194 Å². The molecule has 60 heavy (non-hydrogen) atoms. The molecule has 282 valence electrons. The molecular weight excluding hydrogens is 731 g/mol. The lowest BCUT2D eigenvalue weighted by Crippen LogP contribution is -2.34. The SMILES string of the molecule is c1ccc(-c2nc(-c3ccccc3)nc(-c3cccc(-c4cccc(-c5cc(-c6ccccc6)[n+](-c6cccc(-c7ccccc7-c7ccccc7)c6)cn5)c4)c3)n2)cc1. The quantitative estimate of drug-likeness (QED) is 0.137. The van der Waals surface area contributed by atoms with Crippen molar-refractivity contribution in [3.8, 4) is 95.7 Å². The highest BCUT2D eigenvalue weighted by atomic mass is 15.0. The first-order valence-corrected chi connectivity index (χ1v) is 20.0. The summed E-state index contributed by atoms with van der Waals surface area (Å²) < 4.78 is 2.18. The lowest BCUT2D eigenvalue weighted by Gasteiger charge is -2.12. The van der Waals surface area contributed by atoms with Gasteiger partial charge in [-0.2, -0.15) is 4.57 Å². The second kappa shape index (κ2) is 16.4. The van der Waals surface area contributed by atoms with Gasteiger partial charge in [-0.3, -0.25) is 0 Å². The predicted octanol–water partition coefficient (Wildman–Crippen LogP) is 12.9. The van der Waals surface area contributed by atoms with Gasteiger partial charge in [0.25, 0.3) is 6.33 Å². The Morgan fingerprint density at radius 1 is 0.283 bits per heavy atom. The monoisotopic (exact) mass is 768 g/mol. The molecule has 2 heterocycles. The maximum Gasteiger partial charge on any atom is 0.292 e. The van der Waals surface area contributed by atoms with Crippen molar-refractivity contribution in [1.82, 2.24) is 19.9 Å². The molecule has 0 aliphatic carbocycles. The fraction of sp³-hybridized carbons (Fsp3) is 0. The highest BCUT2D eigenvalue weighted by Gasteiger charge is 2.19. The molecule has 0 radical (unpaired) electrons. The van der Waals surface area contributed by atoms with Crippen LogP contribution in [0.3, 0.4) is 0 Å². The van der Waals surface area contributed by atoms with Crippen molar-refractivity contribution in [3.05, 3.63) is 231 Å². The molecule has 2 aromatic heterocycles. The van der Waals surface area contributed by atoms with E-state index in [1.807, 2.05) is 67.0 Å². The van der Waals surface area contributed by atoms with Gasteiger partial charge in [0.05, 0.1) is 0 Å². The Kier molecular flexibility index (Phi) is 9.88. The highest BCUT2D eigenvalue weighted by Crippen LogP contribution is 2.34. The summed E-state index contributed by atoms with van der Waals surface area (Å²) in [7, 11) is 0. The van der Waals surface area contributed by atoms with Crippen molar-refractivity contribution in [2.75, 3.05) is 0 Å². The molecule has 10 rings (SSSR count). The van der Waals surface area contributed by atoms with Crippen molar-refractivity contribution in [2.24, 2.45) is 0 Å². The van der Waals surface area contributed by atoms with Crippen LogP contribution < -0.4 is 4.57 Å². The molecule has 0 fully saturated rings. The Morgan fingerprint density at radius 3 is 1.30 bits per heavy atom. The molecule has 10 aromatic rings. The zero-order valence-electron chi connectivity index (χ0n) is 32.7. The van der Waals surface area contributed by atoms with Crippen molar-refractivity contribution < 1.29 is 4.57 Å². The summed E-state index contributed by atoms with van der Waals surface area (Å²) in [5.41, 5.74) is 14.7. The van der Waals surface area contributed by atoms with E-state index < -0.39 is 0 Å². The van der Waals surface area contributed by atoms with Crippen LogP contribution in [0.5, 0.6) is 0 Å². The summed E-state index contributed by atoms with van der Waals surface area (Å²) >= 11 is 0. The molecule has 0 N–H and O–H groups in total. The Labute approximate surface area is 349 Å². The Balaban J connectivity index is 1.02. The first-order chi connectivity index (χ1) is 29.7. The summed E-state index contributed by atoms with van der Waals surface area (Å²) in [6.07, 6.45) is 1.95. The summed E-state index contributed by atoms with van der Waals surface area (Å²) in [4.78, 5) is 19.9. The van der Waals surface area contributed by atoms with Gasteiger partial charge in [0, 0.05) is 33.9 Å². The maximum atomic E-state index is 5.09. The molecular formula is C55H38N5+. The lowest BCUT2D eigenvalue weighted by molar-refractivity contribution is -0.587. The molecule has 0 spiro atoms. The highest BCUT2D eigenvalue weighted by molar-refractivity contribution is 5.84. The van der Waals surface area contributed by atoms with E-state index >= 15 is 0 Å². The molecule has 0 aliphatic heterocycles. The second-order valence-electron chi connectivity index (χ2n) is 14.6. The topological polar surface area (TPSA) is 55.4 Å². The number of hydrogen-bond acceptors (Lipinski definition) is 4. The number of nitrogens with zero attached hydrogens (tertiary/aromatic N) is 5. The minimum absolute atomic E-state index is 0.620. The molecule has 8 aromatic carbocycles. The van der Waals surface area contributed by atoms with E-state index in [-0.39, 0.29) is 0 Å². The summed E-state index contributed by atoms with van der Waals surface area (Å²) in [6, 6.07) is 77.7. The van der Waals surface area contributed by atoms with Crippen molar-refractivity contribution in [1.29, 1.82) is 0 Å². The van der Waals surface area contributed by atoms with E-state index in [9.17, 15) is 0 Å². The van der Waals surface area contributed by atoms with Crippen LogP contribution in [-0.2, 0) is 0 Å². The van der Waals surface area contributed by atoms with E-state index in [4.69, 9.17) is 19.9 Å². The van der Waals surface area contributed by atoms with E-state index in [0.717, 1.165) is 61.6 Å². The number of rotatable bonds is 9. The third kappa shape index (κ3) is 7.51. The van der Waals surface area contributed by atoms with E-state index in [0.29, 0.717) is 17.5 Å². The fourth-order valence-corrected chi connectivity index (χ4v) is 7.67. The molecule has 0 bridgehead atoms. The van der Waals surface area contributed by atoms with Gasteiger partial charge in [-0.15, -0.1) is 0 Å². The Morgan fingerprint density at radius 2 is 0.700 bits per heavy atom. The van der Waals surface area contributed by atoms with Gasteiger partial charge in [0.2, 0.25) is 0 Å². The first kappa shape index (κ1) is 36.2.